The van der Waals surface area contributed by atoms with Gasteiger partial charge in [-0.2, -0.15) is 5.10 Å². The number of ketones is 1. The number of para-hydroxylation sites is 1. The maximum Gasteiger partial charge on any atom is 0.410 e. The van der Waals surface area contributed by atoms with Gasteiger partial charge in [-0.1, -0.05) is 12.1 Å². The first kappa shape index (κ1) is 35.4. The minimum Gasteiger partial charge on any atom is -0.487 e. The smallest absolute Gasteiger partial charge is 0.410 e. The number of allylic oxidation sites excluding steroid dienone is 1. The van der Waals surface area contributed by atoms with Crippen LogP contribution in [0.5, 0.6) is 17.4 Å². The molecule has 4 aromatic rings. The highest BCUT2D eigenvalue weighted by Gasteiger charge is 2.31. The van der Waals surface area contributed by atoms with E-state index < -0.39 is 42.1 Å². The van der Waals surface area contributed by atoms with Crippen LogP contribution >= 0.6 is 0 Å². The zero-order valence-corrected chi connectivity index (χ0v) is 28.5. The van der Waals surface area contributed by atoms with Crippen LogP contribution in [-0.4, -0.2) is 63.3 Å². The standard InChI is InChI=1S/C37H37F4N5O5/c1-20-12-32(50-34-27(38)6-5-7-28(34)39)43-18-29(20)46-35(42)26(17-44-46)33(47)24-13-22-15-25(30(16-23(22)14-24)49-19-31(40)41)21-8-10-45(11-9-21)36(48)51-37(2,3)4/h5-7,12,14-18,21,31H,8-11,13,19,42H2,1-4H3. The molecule has 2 N–H and O–H groups in total. The van der Waals surface area contributed by atoms with Crippen molar-refractivity contribution in [3.05, 3.63) is 93.8 Å². The lowest BCUT2D eigenvalue weighted by molar-refractivity contribution is 0.0203. The highest BCUT2D eigenvalue weighted by Crippen LogP contribution is 2.40. The largest absolute Gasteiger partial charge is 0.487 e. The summed E-state index contributed by atoms with van der Waals surface area (Å²) in [7, 11) is 0. The average Bonchev–Trinajstić information content (AvgIpc) is 3.67. The summed E-state index contributed by atoms with van der Waals surface area (Å²) in [5.74, 6) is -2.46. The van der Waals surface area contributed by atoms with Crippen LogP contribution in [0.2, 0.25) is 0 Å². The number of halogens is 4. The predicted octanol–water partition coefficient (Wildman–Crippen LogP) is 7.81. The number of anilines is 1. The number of pyridine rings is 1. The second kappa shape index (κ2) is 14.1. The quantitative estimate of drug-likeness (QED) is 0.138. The molecule has 2 aromatic carbocycles. The van der Waals surface area contributed by atoms with Gasteiger partial charge in [-0.25, -0.2) is 32.0 Å². The number of hydrogen-bond donors (Lipinski definition) is 1. The molecule has 0 spiro atoms. The maximum atomic E-state index is 14.1. The van der Waals surface area contributed by atoms with Crippen LogP contribution < -0.4 is 15.2 Å². The number of nitrogens with zero attached hydrogens (tertiary/aromatic N) is 4. The molecule has 1 aliphatic carbocycles. The molecule has 0 unspecified atom stereocenters. The molecular formula is C37H37F4N5O5. The lowest BCUT2D eigenvalue weighted by Crippen LogP contribution is -2.41. The van der Waals surface area contributed by atoms with E-state index in [0.717, 1.165) is 23.3 Å². The lowest BCUT2D eigenvalue weighted by Gasteiger charge is -2.34. The van der Waals surface area contributed by atoms with Gasteiger partial charge in [0, 0.05) is 31.1 Å². The van der Waals surface area contributed by atoms with Gasteiger partial charge in [0.15, 0.2) is 17.4 Å². The monoisotopic (exact) mass is 707 g/mol. The van der Waals surface area contributed by atoms with Crippen LogP contribution in [0.25, 0.3) is 11.8 Å². The first-order chi connectivity index (χ1) is 24.2. The van der Waals surface area contributed by atoms with Gasteiger partial charge in [-0.05, 0) is 93.0 Å². The zero-order chi connectivity index (χ0) is 36.6. The average molecular weight is 708 g/mol. The second-order valence-corrected chi connectivity index (χ2v) is 13.5. The number of Topliss-reactive ketones (excluding diaryl/α,β-unsaturated/α-hetero) is 1. The Kier molecular flexibility index (Phi) is 9.78. The van der Waals surface area contributed by atoms with Crippen molar-refractivity contribution < 1.29 is 41.4 Å². The summed E-state index contributed by atoms with van der Waals surface area (Å²) >= 11 is 0. The Labute approximate surface area is 291 Å². The van der Waals surface area contributed by atoms with E-state index in [1.807, 2.05) is 6.07 Å². The molecule has 3 heterocycles. The Morgan fingerprint density at radius 2 is 1.76 bits per heavy atom. The van der Waals surface area contributed by atoms with Crippen LogP contribution in [0.4, 0.5) is 28.2 Å². The van der Waals surface area contributed by atoms with Gasteiger partial charge >= 0.3 is 6.09 Å². The van der Waals surface area contributed by atoms with Crippen LogP contribution in [0, 0.1) is 18.6 Å². The summed E-state index contributed by atoms with van der Waals surface area (Å²) in [6.45, 7) is 7.20. The van der Waals surface area contributed by atoms with Crippen molar-refractivity contribution in [3.63, 3.8) is 0 Å². The van der Waals surface area contributed by atoms with Gasteiger partial charge in [0.2, 0.25) is 11.6 Å². The van der Waals surface area contributed by atoms with Crippen molar-refractivity contribution in [2.45, 2.75) is 64.9 Å². The predicted molar refractivity (Wildman–Crippen MR) is 181 cm³/mol. The zero-order valence-electron chi connectivity index (χ0n) is 28.5. The number of ether oxygens (including phenoxy) is 3. The molecule has 0 radical (unpaired) electrons. The summed E-state index contributed by atoms with van der Waals surface area (Å²) in [6, 6.07) is 8.41. The number of carbonyl (C=O) groups excluding carboxylic acids is 2. The van der Waals surface area contributed by atoms with Crippen LogP contribution in [0.3, 0.4) is 0 Å². The molecule has 10 nitrogen and oxygen atoms in total. The molecule has 1 saturated heterocycles. The van der Waals surface area contributed by atoms with Crippen molar-refractivity contribution in [3.8, 4) is 23.1 Å². The minimum atomic E-state index is -2.68. The van der Waals surface area contributed by atoms with Crippen LogP contribution in [0.15, 0.2) is 54.4 Å². The molecule has 51 heavy (non-hydrogen) atoms. The Bertz CT molecular complexity index is 1990. The Morgan fingerprint density at radius 3 is 2.41 bits per heavy atom. The van der Waals surface area contributed by atoms with Gasteiger partial charge in [0.1, 0.15) is 23.8 Å². The highest BCUT2D eigenvalue weighted by atomic mass is 19.3. The Hall–Kier alpha value is -5.40. The molecule has 0 atom stereocenters. The molecule has 2 aromatic heterocycles. The van der Waals surface area contributed by atoms with Crippen molar-refractivity contribution in [1.29, 1.82) is 0 Å². The minimum absolute atomic E-state index is 0.0500. The van der Waals surface area contributed by atoms with Crippen LogP contribution in [0.1, 0.15) is 72.1 Å². The second-order valence-electron chi connectivity index (χ2n) is 13.5. The third kappa shape index (κ3) is 7.69. The van der Waals surface area contributed by atoms with E-state index in [0.29, 0.717) is 54.1 Å². The molecule has 0 bridgehead atoms. The van der Waals surface area contributed by atoms with Crippen molar-refractivity contribution in [1.82, 2.24) is 19.7 Å². The topological polar surface area (TPSA) is 122 Å². The van der Waals surface area contributed by atoms with Crippen molar-refractivity contribution in [2.24, 2.45) is 0 Å². The van der Waals surface area contributed by atoms with E-state index in [-0.39, 0.29) is 35.4 Å². The number of piperidine rings is 1. The number of likely N-dealkylation sites (tertiary alicyclic amines) is 1. The fourth-order valence-electron chi connectivity index (χ4n) is 6.22. The maximum absolute atomic E-state index is 14.1. The highest BCUT2D eigenvalue weighted by molar-refractivity contribution is 6.15. The third-order valence-electron chi connectivity index (χ3n) is 8.69. The molecular weight excluding hydrogens is 670 g/mol. The fourth-order valence-corrected chi connectivity index (χ4v) is 6.22. The summed E-state index contributed by atoms with van der Waals surface area (Å²) in [5, 5.41) is 4.31. The number of alkyl halides is 2. The Morgan fingerprint density at radius 1 is 1.06 bits per heavy atom. The first-order valence-electron chi connectivity index (χ1n) is 16.4. The molecule has 6 rings (SSSR count). The van der Waals surface area contributed by atoms with E-state index in [1.165, 1.54) is 29.2 Å². The molecule has 14 heteroatoms. The van der Waals surface area contributed by atoms with Gasteiger partial charge < -0.3 is 24.8 Å². The summed E-state index contributed by atoms with van der Waals surface area (Å²) in [5.41, 5.74) is 9.60. The van der Waals surface area contributed by atoms with E-state index in [4.69, 9.17) is 19.9 Å². The van der Waals surface area contributed by atoms with E-state index in [1.54, 1.807) is 44.7 Å². The van der Waals surface area contributed by atoms with Gasteiger partial charge in [-0.3, -0.25) is 4.79 Å². The Balaban J connectivity index is 1.19. The number of hydrogen-bond acceptors (Lipinski definition) is 8. The summed E-state index contributed by atoms with van der Waals surface area (Å²) in [4.78, 5) is 32.2. The number of nitrogen functional groups attached to an aromatic ring is 1. The summed E-state index contributed by atoms with van der Waals surface area (Å²) in [6.07, 6.45) is 2.78. The molecule has 2 aliphatic rings. The lowest BCUT2D eigenvalue weighted by atomic mass is 9.87. The molecule has 0 saturated carbocycles. The first-order valence-corrected chi connectivity index (χ1v) is 16.4. The number of aromatic nitrogens is 3. The van der Waals surface area contributed by atoms with Gasteiger partial charge in [0.05, 0.1) is 23.6 Å². The number of aryl methyl sites for hydroxylation is 1. The molecule has 1 aliphatic heterocycles. The van der Waals surface area contributed by atoms with Crippen LogP contribution in [-0.2, 0) is 11.2 Å². The number of amides is 1. The van der Waals surface area contributed by atoms with E-state index >= 15 is 0 Å². The van der Waals surface area contributed by atoms with E-state index in [2.05, 4.69) is 10.1 Å². The van der Waals surface area contributed by atoms with E-state index in [9.17, 15) is 27.2 Å². The molecule has 1 amide bonds. The molecule has 1 fully saturated rings. The van der Waals surface area contributed by atoms with Gasteiger partial charge in [-0.15, -0.1) is 0 Å². The van der Waals surface area contributed by atoms with Crippen molar-refractivity contribution >= 4 is 23.8 Å². The number of rotatable bonds is 9. The number of fused-ring (bicyclic) bond motifs is 1. The summed E-state index contributed by atoms with van der Waals surface area (Å²) < 4.78 is 72.4. The normalized spacial score (nSPS) is 14.8. The number of carbonyl (C=O) groups is 2. The van der Waals surface area contributed by atoms with Gasteiger partial charge in [0.25, 0.3) is 6.43 Å². The number of nitrogens with two attached hydrogens (primary N) is 1. The third-order valence-corrected chi connectivity index (χ3v) is 8.69. The molecule has 268 valence electrons. The SMILES string of the molecule is Cc1cc(Oc2c(F)cccc2F)ncc1-n1ncc(C(=O)C2=Cc3cc(OCC(F)F)c(C4CCN(C(=O)OC(C)(C)C)CC4)cc3C2)c1N. The fraction of sp³-hybridized carbons (Fsp3) is 0.351. The number of benzene rings is 2. The van der Waals surface area contributed by atoms with Crippen molar-refractivity contribution in [2.75, 3.05) is 25.4 Å².